The highest BCUT2D eigenvalue weighted by Gasteiger charge is 2.34. The molecule has 1 N–H and O–H groups in total. The van der Waals surface area contributed by atoms with Crippen molar-refractivity contribution in [3.8, 4) is 0 Å². The van der Waals surface area contributed by atoms with Crippen LogP contribution in [-0.2, 0) is 19.6 Å². The van der Waals surface area contributed by atoms with Crippen molar-refractivity contribution in [1.29, 1.82) is 0 Å². The molecule has 3 rings (SSSR count). The van der Waals surface area contributed by atoms with E-state index in [1.165, 1.54) is 0 Å². The highest BCUT2D eigenvalue weighted by Crippen LogP contribution is 2.29. The zero-order valence-corrected chi connectivity index (χ0v) is 22.4. The van der Waals surface area contributed by atoms with E-state index in [-0.39, 0.29) is 11.8 Å². The van der Waals surface area contributed by atoms with Gasteiger partial charge in [0.2, 0.25) is 15.9 Å². The van der Waals surface area contributed by atoms with E-state index < -0.39 is 10.0 Å². The quantitative estimate of drug-likeness (QED) is 0.571. The van der Waals surface area contributed by atoms with Crippen LogP contribution >= 0.6 is 0 Å². The summed E-state index contributed by atoms with van der Waals surface area (Å²) in [6.07, 6.45) is 3.29. The zero-order valence-electron chi connectivity index (χ0n) is 21.6. The number of piperidine rings is 1. The second-order valence-corrected chi connectivity index (χ2v) is 11.8. The summed E-state index contributed by atoms with van der Waals surface area (Å²) in [5.41, 5.74) is 2.63. The minimum atomic E-state index is -3.56. The Balaban J connectivity index is 1.59. The monoisotopic (exact) mass is 493 g/mol. The molecular formula is C26H43N3O4S. The molecule has 2 heterocycles. The lowest BCUT2D eigenvalue weighted by Crippen LogP contribution is -2.53. The maximum Gasteiger partial charge on any atom is 0.243 e. The van der Waals surface area contributed by atoms with Gasteiger partial charge >= 0.3 is 0 Å². The van der Waals surface area contributed by atoms with Gasteiger partial charge in [0.05, 0.1) is 18.1 Å². The maximum absolute atomic E-state index is 13.4. The summed E-state index contributed by atoms with van der Waals surface area (Å²) in [6, 6.07) is 4.16. The number of nitrogens with zero attached hydrogens (tertiary/aromatic N) is 2. The van der Waals surface area contributed by atoms with Crippen molar-refractivity contribution in [1.82, 2.24) is 14.5 Å². The van der Waals surface area contributed by atoms with Crippen molar-refractivity contribution < 1.29 is 17.9 Å². The summed E-state index contributed by atoms with van der Waals surface area (Å²) in [4.78, 5) is 15.9. The Morgan fingerprint density at radius 2 is 1.59 bits per heavy atom. The molecule has 34 heavy (non-hydrogen) atoms. The number of hydrogen-bond donors (Lipinski definition) is 1. The standard InChI is InChI=1S/C26H43N3O4S/c1-6-22(7-2)24(28-12-14-33-15-13-28)18-27-26(30)23-8-10-29(11-9-23)34(31,32)25-20(4)16-19(3)17-21(25)5/h16-17,22-24H,6-15,18H2,1-5H3,(H,27,30). The average Bonchev–Trinajstić information content (AvgIpc) is 2.81. The van der Waals surface area contributed by atoms with Crippen LogP contribution in [0.3, 0.4) is 0 Å². The normalized spacial score (nSPS) is 19.9. The minimum Gasteiger partial charge on any atom is -0.379 e. The number of ether oxygens (including phenoxy) is 1. The van der Waals surface area contributed by atoms with E-state index in [0.717, 1.165) is 55.8 Å². The predicted molar refractivity (Wildman–Crippen MR) is 135 cm³/mol. The Morgan fingerprint density at radius 1 is 1.03 bits per heavy atom. The van der Waals surface area contributed by atoms with Gasteiger partial charge in [-0.25, -0.2) is 8.42 Å². The fraction of sp³-hybridized carbons (Fsp3) is 0.731. The number of morpholine rings is 1. The van der Waals surface area contributed by atoms with Gasteiger partial charge in [-0.1, -0.05) is 44.4 Å². The van der Waals surface area contributed by atoms with Gasteiger partial charge in [0.15, 0.2) is 0 Å². The molecule has 1 atom stereocenters. The lowest BCUT2D eigenvalue weighted by Gasteiger charge is -2.39. The number of aryl methyl sites for hydroxylation is 3. The van der Waals surface area contributed by atoms with Gasteiger partial charge in [-0.05, 0) is 50.7 Å². The van der Waals surface area contributed by atoms with Crippen molar-refractivity contribution in [2.75, 3.05) is 45.9 Å². The Morgan fingerprint density at radius 3 is 2.12 bits per heavy atom. The second-order valence-electron chi connectivity index (χ2n) is 9.94. The predicted octanol–water partition coefficient (Wildman–Crippen LogP) is 3.27. The van der Waals surface area contributed by atoms with E-state index in [9.17, 15) is 13.2 Å². The third-order valence-electron chi connectivity index (χ3n) is 7.62. The molecule has 0 saturated carbocycles. The summed E-state index contributed by atoms with van der Waals surface area (Å²) >= 11 is 0. The van der Waals surface area contributed by atoms with Crippen LogP contribution < -0.4 is 5.32 Å². The fourth-order valence-corrected chi connectivity index (χ4v) is 7.63. The highest BCUT2D eigenvalue weighted by atomic mass is 32.2. The van der Waals surface area contributed by atoms with Crippen LogP contribution in [-0.4, -0.2) is 75.5 Å². The molecule has 2 saturated heterocycles. The molecule has 0 aromatic heterocycles. The second kappa shape index (κ2) is 12.0. The zero-order chi connectivity index (χ0) is 24.9. The number of nitrogens with one attached hydrogen (secondary N) is 1. The molecule has 2 aliphatic rings. The topological polar surface area (TPSA) is 79.0 Å². The maximum atomic E-state index is 13.4. The van der Waals surface area contributed by atoms with Gasteiger partial charge < -0.3 is 10.1 Å². The van der Waals surface area contributed by atoms with E-state index in [4.69, 9.17) is 4.74 Å². The first-order chi connectivity index (χ1) is 16.2. The van der Waals surface area contributed by atoms with E-state index >= 15 is 0 Å². The average molecular weight is 494 g/mol. The van der Waals surface area contributed by atoms with Gasteiger partial charge in [-0.2, -0.15) is 4.31 Å². The molecule has 0 radical (unpaired) electrons. The molecule has 1 unspecified atom stereocenters. The lowest BCUT2D eigenvalue weighted by molar-refractivity contribution is -0.126. The number of carbonyl (C=O) groups is 1. The van der Waals surface area contributed by atoms with Crippen molar-refractivity contribution in [2.45, 2.75) is 71.2 Å². The van der Waals surface area contributed by atoms with E-state index in [2.05, 4.69) is 24.1 Å². The number of amides is 1. The number of benzene rings is 1. The van der Waals surface area contributed by atoms with Gasteiger partial charge in [0, 0.05) is 44.7 Å². The number of rotatable bonds is 9. The van der Waals surface area contributed by atoms with Crippen LogP contribution in [0.5, 0.6) is 0 Å². The van der Waals surface area contributed by atoms with Gasteiger partial charge in [0.1, 0.15) is 0 Å². The first-order valence-electron chi connectivity index (χ1n) is 12.9. The molecule has 2 aliphatic heterocycles. The Labute approximate surface area is 206 Å². The Hall–Kier alpha value is -1.48. The van der Waals surface area contributed by atoms with Crippen LogP contribution in [0.25, 0.3) is 0 Å². The summed E-state index contributed by atoms with van der Waals surface area (Å²) in [6.45, 7) is 14.9. The van der Waals surface area contributed by atoms with E-state index in [1.807, 2.05) is 32.9 Å². The molecule has 2 fully saturated rings. The minimum absolute atomic E-state index is 0.0592. The van der Waals surface area contributed by atoms with Gasteiger partial charge in [0.25, 0.3) is 0 Å². The van der Waals surface area contributed by atoms with Gasteiger partial charge in [-0.3, -0.25) is 9.69 Å². The molecule has 8 heteroatoms. The molecule has 1 aromatic carbocycles. The summed E-state index contributed by atoms with van der Waals surface area (Å²) in [7, 11) is -3.56. The van der Waals surface area contributed by atoms with Crippen molar-refractivity contribution in [3.05, 3.63) is 28.8 Å². The summed E-state index contributed by atoms with van der Waals surface area (Å²) in [5, 5.41) is 3.22. The SMILES string of the molecule is CCC(CC)C(CNC(=O)C1CCN(S(=O)(=O)c2c(C)cc(C)cc2C)CC1)N1CCOCC1. The van der Waals surface area contributed by atoms with Crippen LogP contribution in [0.1, 0.15) is 56.2 Å². The van der Waals surface area contributed by atoms with Crippen LogP contribution in [0, 0.1) is 32.6 Å². The number of sulfonamides is 1. The smallest absolute Gasteiger partial charge is 0.243 e. The van der Waals surface area contributed by atoms with Crippen molar-refractivity contribution in [2.24, 2.45) is 11.8 Å². The number of carbonyl (C=O) groups excluding carboxylic acids is 1. The molecule has 0 aliphatic carbocycles. The molecule has 1 amide bonds. The van der Waals surface area contributed by atoms with Crippen molar-refractivity contribution in [3.63, 3.8) is 0 Å². The first kappa shape index (κ1) is 27.1. The van der Waals surface area contributed by atoms with Crippen LogP contribution in [0.4, 0.5) is 0 Å². The number of hydrogen-bond acceptors (Lipinski definition) is 5. The van der Waals surface area contributed by atoms with E-state index in [1.54, 1.807) is 4.31 Å². The molecule has 0 spiro atoms. The molecular weight excluding hydrogens is 450 g/mol. The summed E-state index contributed by atoms with van der Waals surface area (Å²) < 4.78 is 33.8. The fourth-order valence-electron chi connectivity index (χ4n) is 5.75. The molecule has 1 aromatic rings. The van der Waals surface area contributed by atoms with Crippen LogP contribution in [0.2, 0.25) is 0 Å². The highest BCUT2D eigenvalue weighted by molar-refractivity contribution is 7.89. The van der Waals surface area contributed by atoms with E-state index in [0.29, 0.717) is 49.3 Å². The lowest BCUT2D eigenvalue weighted by atomic mass is 9.91. The molecule has 192 valence electrons. The third-order valence-corrected chi connectivity index (χ3v) is 9.83. The largest absolute Gasteiger partial charge is 0.379 e. The molecule has 7 nitrogen and oxygen atoms in total. The summed E-state index contributed by atoms with van der Waals surface area (Å²) in [5.74, 6) is 0.453. The van der Waals surface area contributed by atoms with Crippen LogP contribution in [0.15, 0.2) is 17.0 Å². The molecule has 0 bridgehead atoms. The van der Waals surface area contributed by atoms with Crippen molar-refractivity contribution >= 4 is 15.9 Å². The first-order valence-corrected chi connectivity index (χ1v) is 14.3. The third kappa shape index (κ3) is 6.20. The Kier molecular flexibility index (Phi) is 9.55. The Bertz CT molecular complexity index is 908. The van der Waals surface area contributed by atoms with Gasteiger partial charge in [-0.15, -0.1) is 0 Å².